The second-order valence-electron chi connectivity index (χ2n) is 4.71. The van der Waals surface area contributed by atoms with E-state index in [0.717, 1.165) is 6.54 Å². The predicted molar refractivity (Wildman–Crippen MR) is 72.9 cm³/mol. The van der Waals surface area contributed by atoms with Gasteiger partial charge in [0.15, 0.2) is 0 Å². The van der Waals surface area contributed by atoms with Crippen molar-refractivity contribution >= 4 is 0 Å². The van der Waals surface area contributed by atoms with Gasteiger partial charge in [0.1, 0.15) is 0 Å². The molecule has 1 aromatic carbocycles. The Hall–Kier alpha value is -1.70. The molecule has 0 spiro atoms. The maximum atomic E-state index is 3.44. The number of benzene rings is 1. The molecular weight excluding hydrogens is 208 g/mol. The highest BCUT2D eigenvalue weighted by Crippen LogP contribution is 2.11. The lowest BCUT2D eigenvalue weighted by atomic mass is 10.1. The first-order valence-corrected chi connectivity index (χ1v) is 6.03. The Morgan fingerprint density at radius 2 is 1.53 bits per heavy atom. The Bertz CT molecular complexity index is 504. The molecule has 0 aliphatic heterocycles. The lowest BCUT2D eigenvalue weighted by molar-refractivity contribution is 0.791. The number of aromatic nitrogens is 1. The second kappa shape index (κ2) is 4.66. The molecule has 90 valence electrons. The van der Waals surface area contributed by atoms with E-state index in [4.69, 9.17) is 0 Å². The SMILES string of the molecule is Cc1ccc(CNn2c(C)ccc2C)cc1C. The number of nitrogens with one attached hydrogen (secondary N) is 1. The van der Waals surface area contributed by atoms with Gasteiger partial charge in [-0.3, -0.25) is 4.68 Å². The van der Waals surface area contributed by atoms with E-state index in [-0.39, 0.29) is 0 Å². The van der Waals surface area contributed by atoms with Gasteiger partial charge >= 0.3 is 0 Å². The van der Waals surface area contributed by atoms with Crippen LogP contribution in [0.25, 0.3) is 0 Å². The summed E-state index contributed by atoms with van der Waals surface area (Å²) in [7, 11) is 0. The molecule has 1 heterocycles. The van der Waals surface area contributed by atoms with Crippen LogP contribution in [0.2, 0.25) is 0 Å². The molecule has 0 radical (unpaired) electrons. The summed E-state index contributed by atoms with van der Waals surface area (Å²) in [5.74, 6) is 0. The molecule has 1 aromatic heterocycles. The first-order valence-electron chi connectivity index (χ1n) is 6.03. The minimum Gasteiger partial charge on any atom is -0.322 e. The number of aryl methyl sites for hydroxylation is 4. The van der Waals surface area contributed by atoms with E-state index in [1.807, 2.05) is 0 Å². The van der Waals surface area contributed by atoms with E-state index in [0.29, 0.717) is 0 Å². The highest BCUT2D eigenvalue weighted by molar-refractivity contribution is 5.30. The van der Waals surface area contributed by atoms with Crippen molar-refractivity contribution in [1.82, 2.24) is 4.68 Å². The lowest BCUT2D eigenvalue weighted by Gasteiger charge is -2.13. The van der Waals surface area contributed by atoms with Crippen LogP contribution in [0.3, 0.4) is 0 Å². The van der Waals surface area contributed by atoms with Gasteiger partial charge in [-0.1, -0.05) is 18.2 Å². The molecule has 1 N–H and O–H groups in total. The summed E-state index contributed by atoms with van der Waals surface area (Å²) in [4.78, 5) is 0. The second-order valence-corrected chi connectivity index (χ2v) is 4.71. The number of hydrogen-bond acceptors (Lipinski definition) is 1. The monoisotopic (exact) mass is 228 g/mol. The zero-order valence-corrected chi connectivity index (χ0v) is 11.0. The van der Waals surface area contributed by atoms with Crippen LogP contribution < -0.4 is 5.43 Å². The molecule has 0 aliphatic carbocycles. The van der Waals surface area contributed by atoms with Crippen molar-refractivity contribution in [2.45, 2.75) is 34.2 Å². The molecular formula is C15H20N2. The molecule has 0 saturated heterocycles. The molecule has 0 bridgehead atoms. The third kappa shape index (κ3) is 2.52. The van der Waals surface area contributed by atoms with Crippen LogP contribution in [0, 0.1) is 27.7 Å². The van der Waals surface area contributed by atoms with Crippen molar-refractivity contribution in [2.75, 3.05) is 5.43 Å². The summed E-state index contributed by atoms with van der Waals surface area (Å²) >= 11 is 0. The van der Waals surface area contributed by atoms with Crippen LogP contribution >= 0.6 is 0 Å². The van der Waals surface area contributed by atoms with Crippen LogP contribution in [-0.2, 0) is 6.54 Å². The molecule has 0 saturated carbocycles. The van der Waals surface area contributed by atoms with Gasteiger partial charge in [-0.15, -0.1) is 0 Å². The molecule has 0 fully saturated rings. The van der Waals surface area contributed by atoms with Gasteiger partial charge in [-0.25, -0.2) is 0 Å². The zero-order valence-electron chi connectivity index (χ0n) is 11.0. The van der Waals surface area contributed by atoms with E-state index in [9.17, 15) is 0 Å². The lowest BCUT2D eigenvalue weighted by Crippen LogP contribution is -2.16. The Morgan fingerprint density at radius 1 is 0.882 bits per heavy atom. The summed E-state index contributed by atoms with van der Waals surface area (Å²) in [5.41, 5.74) is 9.95. The molecule has 2 heteroatoms. The average molecular weight is 228 g/mol. The Kier molecular flexibility index (Phi) is 3.23. The highest BCUT2D eigenvalue weighted by Gasteiger charge is 2.01. The van der Waals surface area contributed by atoms with E-state index in [2.05, 4.69) is 68.1 Å². The van der Waals surface area contributed by atoms with Crippen molar-refractivity contribution in [3.8, 4) is 0 Å². The van der Waals surface area contributed by atoms with Gasteiger partial charge < -0.3 is 5.43 Å². The Labute approximate surface area is 103 Å². The predicted octanol–water partition coefficient (Wildman–Crippen LogP) is 3.47. The number of nitrogens with zero attached hydrogens (tertiary/aromatic N) is 1. The number of rotatable bonds is 3. The Morgan fingerprint density at radius 3 is 2.12 bits per heavy atom. The van der Waals surface area contributed by atoms with Gasteiger partial charge in [0, 0.05) is 11.4 Å². The third-order valence-corrected chi connectivity index (χ3v) is 3.28. The van der Waals surface area contributed by atoms with E-state index >= 15 is 0 Å². The van der Waals surface area contributed by atoms with Gasteiger partial charge in [-0.2, -0.15) is 0 Å². The third-order valence-electron chi connectivity index (χ3n) is 3.28. The maximum absolute atomic E-state index is 3.44. The van der Waals surface area contributed by atoms with Crippen LogP contribution in [0.4, 0.5) is 0 Å². The molecule has 2 nitrogen and oxygen atoms in total. The highest BCUT2D eigenvalue weighted by atomic mass is 15.4. The minimum atomic E-state index is 0.859. The van der Waals surface area contributed by atoms with Crippen molar-refractivity contribution in [2.24, 2.45) is 0 Å². The smallest absolute Gasteiger partial charge is 0.0564 e. The standard InChI is InChI=1S/C15H20N2/c1-11-5-8-15(9-12(11)2)10-16-17-13(3)6-7-14(17)4/h5-9,16H,10H2,1-4H3. The molecule has 0 aliphatic rings. The fraction of sp³-hybridized carbons (Fsp3) is 0.333. The molecule has 0 atom stereocenters. The first-order chi connectivity index (χ1) is 8.08. The van der Waals surface area contributed by atoms with Crippen molar-refractivity contribution in [3.63, 3.8) is 0 Å². The minimum absolute atomic E-state index is 0.859. The van der Waals surface area contributed by atoms with Crippen LogP contribution in [0.5, 0.6) is 0 Å². The summed E-state index contributed by atoms with van der Waals surface area (Å²) < 4.78 is 2.13. The van der Waals surface area contributed by atoms with E-state index in [1.165, 1.54) is 28.1 Å². The molecule has 17 heavy (non-hydrogen) atoms. The Balaban J connectivity index is 2.10. The fourth-order valence-corrected chi connectivity index (χ4v) is 2.00. The maximum Gasteiger partial charge on any atom is 0.0564 e. The number of hydrogen-bond donors (Lipinski definition) is 1. The normalized spacial score (nSPS) is 10.6. The first kappa shape index (κ1) is 11.8. The van der Waals surface area contributed by atoms with Gasteiger partial charge in [0.2, 0.25) is 0 Å². The van der Waals surface area contributed by atoms with E-state index < -0.39 is 0 Å². The van der Waals surface area contributed by atoms with E-state index in [1.54, 1.807) is 0 Å². The summed E-state index contributed by atoms with van der Waals surface area (Å²) in [6.45, 7) is 9.38. The van der Waals surface area contributed by atoms with Crippen LogP contribution in [0.1, 0.15) is 28.1 Å². The summed E-state index contributed by atoms with van der Waals surface area (Å²) in [6.07, 6.45) is 0. The van der Waals surface area contributed by atoms with Crippen molar-refractivity contribution in [3.05, 3.63) is 58.4 Å². The van der Waals surface area contributed by atoms with Crippen LogP contribution in [-0.4, -0.2) is 4.68 Å². The summed E-state index contributed by atoms with van der Waals surface area (Å²) in [5, 5.41) is 0. The molecule has 0 unspecified atom stereocenters. The van der Waals surface area contributed by atoms with Crippen molar-refractivity contribution in [1.29, 1.82) is 0 Å². The average Bonchev–Trinajstić information content (AvgIpc) is 2.61. The molecule has 2 rings (SSSR count). The zero-order chi connectivity index (χ0) is 12.4. The molecule has 2 aromatic rings. The van der Waals surface area contributed by atoms with Crippen molar-refractivity contribution < 1.29 is 0 Å². The van der Waals surface area contributed by atoms with Crippen LogP contribution in [0.15, 0.2) is 30.3 Å². The fourth-order valence-electron chi connectivity index (χ4n) is 2.00. The quantitative estimate of drug-likeness (QED) is 0.851. The topological polar surface area (TPSA) is 17.0 Å². The largest absolute Gasteiger partial charge is 0.322 e. The summed E-state index contributed by atoms with van der Waals surface area (Å²) in [6, 6.07) is 10.9. The van der Waals surface area contributed by atoms with Gasteiger partial charge in [0.25, 0.3) is 0 Å². The van der Waals surface area contributed by atoms with Gasteiger partial charge in [0.05, 0.1) is 6.54 Å². The molecule has 0 amide bonds. The van der Waals surface area contributed by atoms with Gasteiger partial charge in [-0.05, 0) is 56.5 Å².